The van der Waals surface area contributed by atoms with Crippen molar-refractivity contribution in [1.82, 2.24) is 15.1 Å². The topological polar surface area (TPSA) is 72.1 Å². The van der Waals surface area contributed by atoms with Crippen LogP contribution in [0.2, 0.25) is 0 Å². The van der Waals surface area contributed by atoms with Gasteiger partial charge in [-0.2, -0.15) is 4.98 Å². The number of carbonyl (C=O) groups is 1. The van der Waals surface area contributed by atoms with E-state index in [0.29, 0.717) is 30.4 Å². The van der Waals surface area contributed by atoms with E-state index in [1.807, 2.05) is 26.8 Å². The number of allylic oxidation sites excluding steroid dienone is 1. The zero-order valence-corrected chi connectivity index (χ0v) is 18.8. The molecule has 0 radical (unpaired) electrons. The van der Waals surface area contributed by atoms with Crippen LogP contribution in [0.25, 0.3) is 0 Å². The van der Waals surface area contributed by atoms with Gasteiger partial charge in [-0.3, -0.25) is 9.78 Å². The van der Waals surface area contributed by atoms with Gasteiger partial charge in [-0.1, -0.05) is 38.9 Å². The van der Waals surface area contributed by atoms with Crippen molar-refractivity contribution < 1.29 is 13.7 Å². The summed E-state index contributed by atoms with van der Waals surface area (Å²) in [5.74, 6) is 0.719. The Bertz CT molecular complexity index is 832. The minimum atomic E-state index is -0.486. The maximum atomic E-state index is 13.0. The zero-order chi connectivity index (χ0) is 21.4. The van der Waals surface area contributed by atoms with Gasteiger partial charge in [-0.25, -0.2) is 4.39 Å². The van der Waals surface area contributed by atoms with Gasteiger partial charge in [0.15, 0.2) is 5.82 Å². The summed E-state index contributed by atoms with van der Waals surface area (Å²) in [4.78, 5) is 22.8. The average Bonchev–Trinajstić information content (AvgIpc) is 3.12. The standard InChI is InChI=1S/C21H28BrFN4O2/c1-15(23)9-10-19(28)27(17-12-16(22)13-24-14-17)11-7-5-6-8-18-25-20(26-29-18)21(2,3)4/h12-14H,1,5-11H2,2-4H3. The number of hydrogen-bond donors (Lipinski definition) is 0. The molecule has 2 rings (SSSR count). The number of nitrogens with zero attached hydrogens (tertiary/aromatic N) is 4. The molecular formula is C21H28BrFN4O2. The van der Waals surface area contributed by atoms with Crippen molar-refractivity contribution in [3.05, 3.63) is 47.1 Å². The van der Waals surface area contributed by atoms with Gasteiger partial charge in [-0.15, -0.1) is 0 Å². The second kappa shape index (κ2) is 10.6. The highest BCUT2D eigenvalue weighted by molar-refractivity contribution is 9.10. The molecule has 0 aliphatic heterocycles. The number of aromatic nitrogens is 3. The summed E-state index contributed by atoms with van der Waals surface area (Å²) in [5.41, 5.74) is 0.562. The second-order valence-electron chi connectivity index (χ2n) is 8.00. The molecule has 2 aromatic rings. The molecule has 0 aliphatic rings. The van der Waals surface area contributed by atoms with Gasteiger partial charge in [0.05, 0.1) is 17.7 Å². The van der Waals surface area contributed by atoms with E-state index in [9.17, 15) is 9.18 Å². The van der Waals surface area contributed by atoms with Crippen molar-refractivity contribution in [2.75, 3.05) is 11.4 Å². The lowest BCUT2D eigenvalue weighted by atomic mass is 9.96. The lowest BCUT2D eigenvalue weighted by Crippen LogP contribution is -2.31. The quantitative estimate of drug-likeness (QED) is 0.430. The van der Waals surface area contributed by atoms with Gasteiger partial charge in [0.2, 0.25) is 11.8 Å². The highest BCUT2D eigenvalue weighted by Crippen LogP contribution is 2.22. The molecule has 6 nitrogen and oxygen atoms in total. The summed E-state index contributed by atoms with van der Waals surface area (Å²) in [5, 5.41) is 4.03. The fraction of sp³-hybridized carbons (Fsp3) is 0.524. The molecule has 0 N–H and O–H groups in total. The van der Waals surface area contributed by atoms with Gasteiger partial charge < -0.3 is 9.42 Å². The third-order valence-corrected chi connectivity index (χ3v) is 4.76. The molecule has 0 spiro atoms. The number of carbonyl (C=O) groups excluding carboxylic acids is 1. The normalized spacial score (nSPS) is 11.5. The van der Waals surface area contributed by atoms with Crippen molar-refractivity contribution in [3.8, 4) is 0 Å². The lowest BCUT2D eigenvalue weighted by molar-refractivity contribution is -0.118. The summed E-state index contributed by atoms with van der Waals surface area (Å²) in [6, 6.07) is 1.83. The van der Waals surface area contributed by atoms with Crippen LogP contribution in [-0.2, 0) is 16.6 Å². The van der Waals surface area contributed by atoms with Gasteiger partial charge >= 0.3 is 0 Å². The van der Waals surface area contributed by atoms with E-state index in [1.165, 1.54) is 0 Å². The first kappa shape index (κ1) is 23.2. The minimum Gasteiger partial charge on any atom is -0.339 e. The molecule has 0 unspecified atom stereocenters. The van der Waals surface area contributed by atoms with Gasteiger partial charge in [-0.05, 0) is 34.8 Å². The van der Waals surface area contributed by atoms with Crippen molar-refractivity contribution in [2.45, 2.75) is 64.7 Å². The number of hydrogen-bond acceptors (Lipinski definition) is 5. The van der Waals surface area contributed by atoms with E-state index in [0.717, 1.165) is 23.7 Å². The minimum absolute atomic E-state index is 0.0318. The lowest BCUT2D eigenvalue weighted by Gasteiger charge is -2.22. The van der Waals surface area contributed by atoms with Crippen LogP contribution in [0.15, 0.2) is 39.9 Å². The monoisotopic (exact) mass is 466 g/mol. The third-order valence-electron chi connectivity index (χ3n) is 4.32. The molecule has 0 aliphatic carbocycles. The maximum Gasteiger partial charge on any atom is 0.227 e. The van der Waals surface area contributed by atoms with Crippen LogP contribution < -0.4 is 4.90 Å². The molecule has 2 aromatic heterocycles. The van der Waals surface area contributed by atoms with Gasteiger partial charge in [0, 0.05) is 41.9 Å². The highest BCUT2D eigenvalue weighted by Gasteiger charge is 2.21. The van der Waals surface area contributed by atoms with Crippen molar-refractivity contribution in [1.29, 1.82) is 0 Å². The molecule has 0 saturated carbocycles. The second-order valence-corrected chi connectivity index (χ2v) is 8.91. The van der Waals surface area contributed by atoms with Crippen molar-refractivity contribution >= 4 is 27.5 Å². The SMILES string of the molecule is C=C(F)CCC(=O)N(CCCCCc1nc(C(C)(C)C)no1)c1cncc(Br)c1. The van der Waals surface area contributed by atoms with E-state index < -0.39 is 5.83 Å². The van der Waals surface area contributed by atoms with E-state index in [4.69, 9.17) is 4.52 Å². The predicted octanol–water partition coefficient (Wildman–Crippen LogP) is 5.53. The van der Waals surface area contributed by atoms with E-state index in [2.05, 4.69) is 37.6 Å². The predicted molar refractivity (Wildman–Crippen MR) is 114 cm³/mol. The van der Waals surface area contributed by atoms with Gasteiger partial charge in [0.25, 0.3) is 0 Å². The van der Waals surface area contributed by atoms with Crippen LogP contribution in [0.5, 0.6) is 0 Å². The number of rotatable bonds is 10. The molecule has 8 heteroatoms. The van der Waals surface area contributed by atoms with Crippen molar-refractivity contribution in [2.24, 2.45) is 0 Å². The summed E-state index contributed by atoms with van der Waals surface area (Å²) in [6.07, 6.45) is 6.70. The number of aryl methyl sites for hydroxylation is 1. The van der Waals surface area contributed by atoms with Gasteiger partial charge in [0.1, 0.15) is 0 Å². The molecule has 0 bridgehead atoms. The number of anilines is 1. The molecule has 158 valence electrons. The fourth-order valence-corrected chi connectivity index (χ4v) is 3.06. The summed E-state index contributed by atoms with van der Waals surface area (Å²) >= 11 is 3.38. The highest BCUT2D eigenvalue weighted by atomic mass is 79.9. The average molecular weight is 467 g/mol. The summed E-state index contributed by atoms with van der Waals surface area (Å²) in [7, 11) is 0. The largest absolute Gasteiger partial charge is 0.339 e. The Hall–Kier alpha value is -2.09. The number of amides is 1. The third kappa shape index (κ3) is 7.68. The first-order valence-electron chi connectivity index (χ1n) is 9.74. The Morgan fingerprint density at radius 1 is 1.24 bits per heavy atom. The molecular weight excluding hydrogens is 439 g/mol. The summed E-state index contributed by atoms with van der Waals surface area (Å²) in [6.45, 7) is 9.89. The number of pyridine rings is 1. The van der Waals surface area contributed by atoms with E-state index in [1.54, 1.807) is 17.3 Å². The Labute approximate surface area is 179 Å². The Morgan fingerprint density at radius 2 is 2.00 bits per heavy atom. The smallest absolute Gasteiger partial charge is 0.227 e. The molecule has 0 aromatic carbocycles. The van der Waals surface area contributed by atoms with Crippen LogP contribution in [0.4, 0.5) is 10.1 Å². The fourth-order valence-electron chi connectivity index (χ4n) is 2.71. The number of unbranched alkanes of at least 4 members (excludes halogenated alkanes) is 2. The Morgan fingerprint density at radius 3 is 2.62 bits per heavy atom. The summed E-state index contributed by atoms with van der Waals surface area (Å²) < 4.78 is 19.1. The molecule has 2 heterocycles. The Kier molecular flexibility index (Phi) is 8.49. The van der Waals surface area contributed by atoms with Crippen LogP contribution in [0.1, 0.15) is 64.6 Å². The molecule has 1 amide bonds. The van der Waals surface area contributed by atoms with Crippen LogP contribution in [0, 0.1) is 0 Å². The maximum absolute atomic E-state index is 13.0. The first-order chi connectivity index (χ1) is 13.7. The molecule has 0 atom stereocenters. The van der Waals surface area contributed by atoms with Crippen LogP contribution in [0.3, 0.4) is 0 Å². The molecule has 0 fully saturated rings. The van der Waals surface area contributed by atoms with Crippen molar-refractivity contribution in [3.63, 3.8) is 0 Å². The number of halogens is 2. The first-order valence-corrected chi connectivity index (χ1v) is 10.5. The van der Waals surface area contributed by atoms with Crippen LogP contribution >= 0.6 is 15.9 Å². The molecule has 0 saturated heterocycles. The zero-order valence-electron chi connectivity index (χ0n) is 17.3. The Balaban J connectivity index is 1.88. The molecule has 29 heavy (non-hydrogen) atoms. The van der Waals surface area contributed by atoms with E-state index in [-0.39, 0.29) is 24.2 Å². The van der Waals surface area contributed by atoms with E-state index >= 15 is 0 Å². The van der Waals surface area contributed by atoms with Crippen LogP contribution in [-0.4, -0.2) is 27.6 Å².